The molecule has 1 atom stereocenters. The van der Waals surface area contributed by atoms with E-state index in [1.807, 2.05) is 0 Å². The van der Waals surface area contributed by atoms with Crippen LogP contribution >= 0.6 is 11.3 Å². The van der Waals surface area contributed by atoms with E-state index < -0.39 is 30.0 Å². The molecule has 0 saturated carbocycles. The molecule has 27 heavy (non-hydrogen) atoms. The predicted octanol–water partition coefficient (Wildman–Crippen LogP) is 2.80. The third-order valence-corrected chi connectivity index (χ3v) is 6.17. The Bertz CT molecular complexity index is 888. The van der Waals surface area contributed by atoms with Crippen molar-refractivity contribution in [3.05, 3.63) is 22.8 Å². The molecular formula is C18H22F2N4O2S. The molecular weight excluding hydrogens is 374 g/mol. The number of hydrogen-bond acceptors (Lipinski definition) is 5. The van der Waals surface area contributed by atoms with Crippen molar-refractivity contribution in [3.63, 3.8) is 0 Å². The topological polar surface area (TPSA) is 81.2 Å². The smallest absolute Gasteiger partial charge is 0.269 e. The van der Waals surface area contributed by atoms with Crippen LogP contribution in [0.15, 0.2) is 12.4 Å². The maximum Gasteiger partial charge on any atom is 0.269 e. The summed E-state index contributed by atoms with van der Waals surface area (Å²) in [5.41, 5.74) is -0.0700. The van der Waals surface area contributed by atoms with Crippen molar-refractivity contribution in [2.24, 2.45) is 0 Å². The number of anilines is 1. The summed E-state index contributed by atoms with van der Waals surface area (Å²) in [5, 5.41) is 19.8. The lowest BCUT2D eigenvalue weighted by Crippen LogP contribution is -2.56. The van der Waals surface area contributed by atoms with Crippen LogP contribution in [0, 0.1) is 0 Å². The first-order valence-electron chi connectivity index (χ1n) is 8.79. The van der Waals surface area contributed by atoms with Crippen LogP contribution in [0.3, 0.4) is 0 Å². The van der Waals surface area contributed by atoms with Crippen LogP contribution in [0.2, 0.25) is 0 Å². The van der Waals surface area contributed by atoms with Gasteiger partial charge in [-0.15, -0.1) is 11.3 Å². The molecule has 0 saturated heterocycles. The zero-order chi connectivity index (χ0) is 19.6. The lowest BCUT2D eigenvalue weighted by Gasteiger charge is -2.41. The van der Waals surface area contributed by atoms with E-state index in [0.717, 1.165) is 0 Å². The molecule has 2 aliphatic heterocycles. The van der Waals surface area contributed by atoms with Gasteiger partial charge in [-0.2, -0.15) is 5.10 Å². The highest BCUT2D eigenvalue weighted by molar-refractivity contribution is 7.18. The molecule has 3 N–H and O–H groups in total. The Morgan fingerprint density at radius 3 is 2.74 bits per heavy atom. The maximum atomic E-state index is 14.6. The van der Waals surface area contributed by atoms with Crippen molar-refractivity contribution in [1.29, 1.82) is 0 Å². The van der Waals surface area contributed by atoms with E-state index in [0.29, 0.717) is 26.6 Å². The highest BCUT2D eigenvalue weighted by Gasteiger charge is 2.48. The molecule has 146 valence electrons. The van der Waals surface area contributed by atoms with Crippen molar-refractivity contribution in [2.75, 3.05) is 18.0 Å². The number of alkyl halides is 2. The number of hydrogen-bond donors (Lipinski definition) is 3. The summed E-state index contributed by atoms with van der Waals surface area (Å²) in [4.78, 5) is 15.7. The first-order chi connectivity index (χ1) is 12.5. The van der Waals surface area contributed by atoms with Crippen LogP contribution < -0.4 is 10.2 Å². The van der Waals surface area contributed by atoms with Gasteiger partial charge in [-0.25, -0.2) is 8.78 Å². The minimum atomic E-state index is -2.90. The molecule has 0 unspecified atom stereocenters. The Balaban J connectivity index is 1.84. The number of halogens is 2. The van der Waals surface area contributed by atoms with Gasteiger partial charge in [0.1, 0.15) is 4.88 Å². The second-order valence-electron chi connectivity index (χ2n) is 8.47. The van der Waals surface area contributed by atoms with E-state index >= 15 is 0 Å². The number of carbonyl (C=O) groups excluding carboxylic acids is 1. The lowest BCUT2D eigenvalue weighted by atomic mass is 9.87. The van der Waals surface area contributed by atoms with Gasteiger partial charge in [0.05, 0.1) is 29.6 Å². The van der Waals surface area contributed by atoms with Crippen LogP contribution in [0.5, 0.6) is 0 Å². The van der Waals surface area contributed by atoms with E-state index in [9.17, 15) is 18.7 Å². The van der Waals surface area contributed by atoms with Crippen molar-refractivity contribution < 1.29 is 18.7 Å². The largest absolute Gasteiger partial charge is 0.390 e. The Labute approximate surface area is 159 Å². The molecule has 1 amide bonds. The molecule has 2 aliphatic rings. The fourth-order valence-electron chi connectivity index (χ4n) is 4.37. The Morgan fingerprint density at radius 2 is 2.11 bits per heavy atom. The summed E-state index contributed by atoms with van der Waals surface area (Å²) < 4.78 is 29.2. The van der Waals surface area contributed by atoms with E-state index in [1.165, 1.54) is 11.3 Å². The number of H-pyrrole nitrogens is 1. The molecule has 9 heteroatoms. The number of aromatic amines is 1. The van der Waals surface area contributed by atoms with Gasteiger partial charge in [-0.1, -0.05) is 0 Å². The highest BCUT2D eigenvalue weighted by Crippen LogP contribution is 2.49. The minimum absolute atomic E-state index is 0.208. The molecule has 4 heterocycles. The van der Waals surface area contributed by atoms with Gasteiger partial charge in [0, 0.05) is 41.6 Å². The minimum Gasteiger partial charge on any atom is -0.390 e. The van der Waals surface area contributed by atoms with Gasteiger partial charge in [0.15, 0.2) is 0 Å². The number of rotatable bonds is 3. The van der Waals surface area contributed by atoms with Crippen LogP contribution in [0.4, 0.5) is 14.5 Å². The van der Waals surface area contributed by atoms with Gasteiger partial charge in [0.25, 0.3) is 11.8 Å². The average molecular weight is 396 g/mol. The van der Waals surface area contributed by atoms with Gasteiger partial charge < -0.3 is 15.3 Å². The molecule has 2 aromatic heterocycles. The molecule has 0 aromatic carbocycles. The number of carbonyl (C=O) groups is 1. The fraction of sp³-hybridized carbons (Fsp3) is 0.556. The molecule has 0 spiro atoms. The summed E-state index contributed by atoms with van der Waals surface area (Å²) in [6, 6.07) is 0. The number of nitrogens with one attached hydrogen (secondary N) is 2. The molecule has 2 aromatic rings. The summed E-state index contributed by atoms with van der Waals surface area (Å²) >= 11 is 1.22. The number of thiophene rings is 1. The van der Waals surface area contributed by atoms with Crippen LogP contribution in [0.1, 0.15) is 42.4 Å². The zero-order valence-electron chi connectivity index (χ0n) is 15.4. The predicted molar refractivity (Wildman–Crippen MR) is 99.6 cm³/mol. The Kier molecular flexibility index (Phi) is 3.91. The summed E-state index contributed by atoms with van der Waals surface area (Å²) in [6.07, 6.45) is 3.09. The summed E-state index contributed by atoms with van der Waals surface area (Å²) in [7, 11) is 0. The first kappa shape index (κ1) is 18.4. The molecule has 4 rings (SSSR count). The quantitative estimate of drug-likeness (QED) is 0.745. The van der Waals surface area contributed by atoms with Crippen molar-refractivity contribution >= 4 is 22.9 Å². The van der Waals surface area contributed by atoms with Crippen molar-refractivity contribution in [1.82, 2.24) is 15.5 Å². The third-order valence-electron chi connectivity index (χ3n) is 4.90. The Morgan fingerprint density at radius 1 is 1.37 bits per heavy atom. The van der Waals surface area contributed by atoms with Gasteiger partial charge >= 0.3 is 0 Å². The molecule has 0 radical (unpaired) electrons. The van der Waals surface area contributed by atoms with Crippen LogP contribution in [-0.4, -0.2) is 51.4 Å². The van der Waals surface area contributed by atoms with Crippen LogP contribution in [-0.2, 0) is 6.42 Å². The molecule has 0 aliphatic carbocycles. The lowest BCUT2D eigenvalue weighted by molar-refractivity contribution is 0.00318. The first-order valence-corrected chi connectivity index (χ1v) is 9.61. The highest BCUT2D eigenvalue weighted by atomic mass is 32.1. The number of aliphatic hydroxyl groups is 1. The SMILES string of the molecule is CC(C)(O)C[C@@]1(C)CN2CC(F)(F)Cc3c(-c4cn[nH]c4)sc(c32)C(=O)N1. The number of nitrogens with zero attached hydrogens (tertiary/aromatic N) is 2. The van der Waals surface area contributed by atoms with E-state index in [-0.39, 0.29) is 18.9 Å². The van der Waals surface area contributed by atoms with Gasteiger partial charge in [-0.05, 0) is 20.8 Å². The molecule has 6 nitrogen and oxygen atoms in total. The van der Waals surface area contributed by atoms with Crippen molar-refractivity contribution in [2.45, 2.75) is 50.7 Å². The summed E-state index contributed by atoms with van der Waals surface area (Å²) in [5.74, 6) is -3.18. The van der Waals surface area contributed by atoms with E-state index in [4.69, 9.17) is 0 Å². The van der Waals surface area contributed by atoms with E-state index in [1.54, 1.807) is 38.1 Å². The average Bonchev–Trinajstić information content (AvgIpc) is 3.07. The van der Waals surface area contributed by atoms with Crippen molar-refractivity contribution in [3.8, 4) is 10.4 Å². The number of amides is 1. The number of aromatic nitrogens is 2. The maximum absolute atomic E-state index is 14.6. The standard InChI is InChI=1S/C18H22F2N4O2S/c1-16(2,26)7-17(3)8-24-9-18(19,20)4-11-12(24)14(15(25)23-17)27-13(11)10-5-21-22-6-10/h5-6,26H,4,7-9H2,1-3H3,(H,21,22)(H,23,25)/t17-/m0/s1. The van der Waals surface area contributed by atoms with Gasteiger partial charge in [0.2, 0.25) is 0 Å². The second kappa shape index (κ2) is 5.75. The second-order valence-corrected chi connectivity index (χ2v) is 9.49. The Hall–Kier alpha value is -2.00. The fourth-order valence-corrected chi connectivity index (χ4v) is 5.59. The molecule has 0 bridgehead atoms. The summed E-state index contributed by atoms with van der Waals surface area (Å²) in [6.45, 7) is 4.87. The third kappa shape index (κ3) is 3.34. The molecule has 0 fully saturated rings. The van der Waals surface area contributed by atoms with Gasteiger partial charge in [-0.3, -0.25) is 9.89 Å². The zero-order valence-corrected chi connectivity index (χ0v) is 16.2. The van der Waals surface area contributed by atoms with E-state index in [2.05, 4.69) is 15.5 Å². The van der Waals surface area contributed by atoms with Crippen LogP contribution in [0.25, 0.3) is 10.4 Å². The normalized spacial score (nSPS) is 24.4. The monoisotopic (exact) mass is 396 g/mol.